The first-order valence-corrected chi connectivity index (χ1v) is 12.0. The van der Waals surface area contributed by atoms with Gasteiger partial charge in [-0.25, -0.2) is 4.39 Å². The molecule has 174 valence electrons. The molecule has 1 aliphatic heterocycles. The molecule has 0 bridgehead atoms. The number of halogens is 1. The summed E-state index contributed by atoms with van der Waals surface area (Å²) >= 11 is 1.32. The van der Waals surface area contributed by atoms with Crippen LogP contribution in [0.1, 0.15) is 32.0 Å². The van der Waals surface area contributed by atoms with Crippen LogP contribution in [0.25, 0.3) is 5.69 Å². The number of para-hydroxylation sites is 2. The molecule has 9 heteroatoms. The number of carbonyl (C=O) groups is 1. The predicted molar refractivity (Wildman–Crippen MR) is 127 cm³/mol. The van der Waals surface area contributed by atoms with Crippen LogP contribution in [0, 0.1) is 5.82 Å². The number of methoxy groups -OCH3 is 1. The maximum Gasteiger partial charge on any atom is 0.237 e. The molecule has 1 fully saturated rings. The fraction of sp³-hybridized carbons (Fsp3) is 0.375. The number of thioether (sulfide) groups is 1. The number of ether oxygens (including phenoxy) is 1. The molecule has 1 aromatic heterocycles. The van der Waals surface area contributed by atoms with Gasteiger partial charge in [-0.05, 0) is 69.3 Å². The number of benzene rings is 2. The van der Waals surface area contributed by atoms with E-state index in [0.29, 0.717) is 23.1 Å². The first-order valence-electron chi connectivity index (χ1n) is 11.1. The highest BCUT2D eigenvalue weighted by Crippen LogP contribution is 2.29. The quantitative estimate of drug-likeness (QED) is 0.489. The van der Waals surface area contributed by atoms with E-state index in [1.54, 1.807) is 31.4 Å². The van der Waals surface area contributed by atoms with Crippen molar-refractivity contribution in [2.75, 3.05) is 25.5 Å². The molecule has 33 heavy (non-hydrogen) atoms. The zero-order valence-corrected chi connectivity index (χ0v) is 19.6. The molecule has 0 saturated carbocycles. The normalized spacial score (nSPS) is 15.2. The summed E-state index contributed by atoms with van der Waals surface area (Å²) in [7, 11) is 1.57. The topological polar surface area (TPSA) is 72.3 Å². The molecular weight excluding hydrogens is 441 g/mol. The molecule has 0 aliphatic carbocycles. The van der Waals surface area contributed by atoms with Crippen molar-refractivity contribution in [1.82, 2.24) is 19.7 Å². The van der Waals surface area contributed by atoms with Gasteiger partial charge in [0.2, 0.25) is 5.91 Å². The number of nitrogens with one attached hydrogen (secondary N) is 1. The van der Waals surface area contributed by atoms with Gasteiger partial charge >= 0.3 is 0 Å². The summed E-state index contributed by atoms with van der Waals surface area (Å²) in [6, 6.07) is 13.6. The number of carbonyl (C=O) groups excluding carboxylic acids is 1. The average molecular weight is 470 g/mol. The molecular formula is C24H28FN5O2S. The second-order valence-electron chi connectivity index (χ2n) is 8.00. The summed E-state index contributed by atoms with van der Waals surface area (Å²) in [4.78, 5) is 15.3. The number of anilines is 1. The molecule has 7 nitrogen and oxygen atoms in total. The van der Waals surface area contributed by atoms with Gasteiger partial charge in [-0.1, -0.05) is 30.3 Å². The van der Waals surface area contributed by atoms with E-state index in [0.717, 1.165) is 24.6 Å². The molecule has 0 spiro atoms. The van der Waals surface area contributed by atoms with E-state index in [1.165, 1.54) is 43.2 Å². The van der Waals surface area contributed by atoms with Crippen LogP contribution in [-0.2, 0) is 11.3 Å². The molecule has 4 rings (SSSR count). The van der Waals surface area contributed by atoms with Gasteiger partial charge < -0.3 is 10.1 Å². The minimum atomic E-state index is -0.443. The first kappa shape index (κ1) is 23.3. The van der Waals surface area contributed by atoms with Crippen molar-refractivity contribution in [1.29, 1.82) is 0 Å². The summed E-state index contributed by atoms with van der Waals surface area (Å²) in [5.74, 6) is 0.906. The molecule has 1 unspecified atom stereocenters. The molecule has 0 radical (unpaired) electrons. The zero-order valence-electron chi connectivity index (χ0n) is 18.8. The SMILES string of the molecule is COc1ccccc1NC(=O)C(C)Sc1nnc(CN2CCCCC2)n1-c1ccc(F)cc1. The Labute approximate surface area is 197 Å². The van der Waals surface area contributed by atoms with E-state index >= 15 is 0 Å². The lowest BCUT2D eigenvalue weighted by molar-refractivity contribution is -0.115. The Morgan fingerprint density at radius 1 is 1.12 bits per heavy atom. The Bertz CT molecular complexity index is 1080. The Morgan fingerprint density at radius 2 is 1.85 bits per heavy atom. The van der Waals surface area contributed by atoms with Crippen molar-refractivity contribution < 1.29 is 13.9 Å². The van der Waals surface area contributed by atoms with Crippen molar-refractivity contribution in [3.8, 4) is 11.4 Å². The maximum atomic E-state index is 13.6. The van der Waals surface area contributed by atoms with Crippen LogP contribution in [0.15, 0.2) is 53.7 Å². The number of hydrogen-bond acceptors (Lipinski definition) is 6. The third-order valence-electron chi connectivity index (χ3n) is 5.62. The highest BCUT2D eigenvalue weighted by atomic mass is 32.2. The van der Waals surface area contributed by atoms with Gasteiger partial charge in [0.25, 0.3) is 0 Å². The molecule has 3 aromatic rings. The van der Waals surface area contributed by atoms with Crippen LogP contribution in [0.5, 0.6) is 5.75 Å². The number of aromatic nitrogens is 3. The van der Waals surface area contributed by atoms with Gasteiger partial charge in [-0.3, -0.25) is 14.3 Å². The molecule has 2 heterocycles. The molecule has 1 aliphatic rings. The largest absolute Gasteiger partial charge is 0.495 e. The standard InChI is InChI=1S/C24H28FN5O2S/c1-17(23(31)26-20-8-4-5-9-21(20)32-2)33-24-28-27-22(16-29-14-6-3-7-15-29)30(24)19-12-10-18(25)11-13-19/h4-5,8-13,17H,3,6-7,14-16H2,1-2H3,(H,26,31). The molecule has 2 aromatic carbocycles. The molecule has 1 amide bonds. The smallest absolute Gasteiger partial charge is 0.237 e. The second kappa shape index (κ2) is 10.8. The maximum absolute atomic E-state index is 13.6. The molecule has 1 N–H and O–H groups in total. The van der Waals surface area contributed by atoms with Crippen LogP contribution in [0.4, 0.5) is 10.1 Å². The Hall–Kier alpha value is -2.91. The lowest BCUT2D eigenvalue weighted by Crippen LogP contribution is -2.30. The van der Waals surface area contributed by atoms with Gasteiger partial charge in [-0.15, -0.1) is 10.2 Å². The summed E-state index contributed by atoms with van der Waals surface area (Å²) in [5.41, 5.74) is 1.39. The lowest BCUT2D eigenvalue weighted by atomic mass is 10.1. The highest BCUT2D eigenvalue weighted by molar-refractivity contribution is 8.00. The number of amides is 1. The lowest BCUT2D eigenvalue weighted by Gasteiger charge is -2.26. The minimum Gasteiger partial charge on any atom is -0.495 e. The van der Waals surface area contributed by atoms with Gasteiger partial charge in [0.1, 0.15) is 11.6 Å². The predicted octanol–water partition coefficient (Wildman–Crippen LogP) is 4.52. The number of rotatable bonds is 8. The van der Waals surface area contributed by atoms with E-state index < -0.39 is 5.25 Å². The van der Waals surface area contributed by atoms with E-state index in [-0.39, 0.29) is 11.7 Å². The summed E-state index contributed by atoms with van der Waals surface area (Å²) in [6.07, 6.45) is 3.60. The van der Waals surface area contributed by atoms with Gasteiger partial charge in [-0.2, -0.15) is 0 Å². The van der Waals surface area contributed by atoms with Crippen molar-refractivity contribution >= 4 is 23.4 Å². The van der Waals surface area contributed by atoms with Crippen LogP contribution in [-0.4, -0.2) is 51.0 Å². The summed E-state index contributed by atoms with van der Waals surface area (Å²) < 4.78 is 20.8. The monoisotopic (exact) mass is 469 g/mol. The Morgan fingerprint density at radius 3 is 2.58 bits per heavy atom. The third kappa shape index (κ3) is 5.72. The van der Waals surface area contributed by atoms with Crippen molar-refractivity contribution in [3.63, 3.8) is 0 Å². The summed E-state index contributed by atoms with van der Waals surface area (Å²) in [5, 5.41) is 11.9. The van der Waals surface area contributed by atoms with E-state index in [1.807, 2.05) is 23.6 Å². The van der Waals surface area contributed by atoms with Crippen LogP contribution in [0.3, 0.4) is 0 Å². The van der Waals surface area contributed by atoms with Gasteiger partial charge in [0, 0.05) is 5.69 Å². The molecule has 1 saturated heterocycles. The minimum absolute atomic E-state index is 0.171. The number of nitrogens with zero attached hydrogens (tertiary/aromatic N) is 4. The second-order valence-corrected chi connectivity index (χ2v) is 9.31. The van der Waals surface area contributed by atoms with Crippen LogP contribution >= 0.6 is 11.8 Å². The Balaban J connectivity index is 1.55. The van der Waals surface area contributed by atoms with Gasteiger partial charge in [0.15, 0.2) is 11.0 Å². The number of piperidine rings is 1. The summed E-state index contributed by atoms with van der Waals surface area (Å²) in [6.45, 7) is 4.53. The number of likely N-dealkylation sites (tertiary alicyclic amines) is 1. The third-order valence-corrected chi connectivity index (χ3v) is 6.66. The van der Waals surface area contributed by atoms with Crippen LogP contribution in [0.2, 0.25) is 0 Å². The van der Waals surface area contributed by atoms with Crippen LogP contribution < -0.4 is 10.1 Å². The number of hydrogen-bond donors (Lipinski definition) is 1. The van der Waals surface area contributed by atoms with E-state index in [4.69, 9.17) is 4.74 Å². The molecule has 1 atom stereocenters. The average Bonchev–Trinajstić information content (AvgIpc) is 3.22. The zero-order chi connectivity index (χ0) is 23.2. The highest BCUT2D eigenvalue weighted by Gasteiger charge is 2.23. The fourth-order valence-electron chi connectivity index (χ4n) is 3.84. The fourth-order valence-corrected chi connectivity index (χ4v) is 4.73. The van der Waals surface area contributed by atoms with Crippen molar-refractivity contribution in [3.05, 3.63) is 60.2 Å². The van der Waals surface area contributed by atoms with Crippen molar-refractivity contribution in [2.24, 2.45) is 0 Å². The Kier molecular flexibility index (Phi) is 7.61. The van der Waals surface area contributed by atoms with E-state index in [9.17, 15) is 9.18 Å². The van der Waals surface area contributed by atoms with Gasteiger partial charge in [0.05, 0.1) is 24.6 Å². The first-order chi connectivity index (χ1) is 16.0. The van der Waals surface area contributed by atoms with E-state index in [2.05, 4.69) is 20.4 Å². The van der Waals surface area contributed by atoms with Crippen molar-refractivity contribution in [2.45, 2.75) is 43.1 Å².